The zero-order valence-electron chi connectivity index (χ0n) is 13.8. The third-order valence-corrected chi connectivity index (χ3v) is 5.38. The molecular formula is C17H16IN5O2S. The molecule has 0 fully saturated rings. The highest BCUT2D eigenvalue weighted by molar-refractivity contribution is 14.1. The number of rotatable bonds is 6. The Labute approximate surface area is 168 Å². The maximum Gasteiger partial charge on any atom is 0.234 e. The van der Waals surface area contributed by atoms with Gasteiger partial charge in [-0.2, -0.15) is 0 Å². The van der Waals surface area contributed by atoms with Crippen molar-refractivity contribution in [2.24, 2.45) is 0 Å². The van der Waals surface area contributed by atoms with Gasteiger partial charge in [0, 0.05) is 3.57 Å². The molecule has 1 aromatic heterocycles. The number of benzene rings is 2. The van der Waals surface area contributed by atoms with Crippen LogP contribution in [0.5, 0.6) is 5.75 Å². The van der Waals surface area contributed by atoms with E-state index >= 15 is 0 Å². The minimum atomic E-state index is -0.138. The van der Waals surface area contributed by atoms with E-state index in [1.165, 1.54) is 16.4 Å². The number of thioether (sulfide) groups is 1. The van der Waals surface area contributed by atoms with Crippen molar-refractivity contribution in [1.29, 1.82) is 0 Å². The number of carbonyl (C=O) groups is 1. The van der Waals surface area contributed by atoms with Crippen molar-refractivity contribution in [1.82, 2.24) is 14.9 Å². The lowest BCUT2D eigenvalue weighted by atomic mass is 10.2. The quantitative estimate of drug-likeness (QED) is 0.320. The first-order valence-electron chi connectivity index (χ1n) is 7.61. The Morgan fingerprint density at radius 3 is 2.73 bits per heavy atom. The average molecular weight is 481 g/mol. The van der Waals surface area contributed by atoms with E-state index in [-0.39, 0.29) is 11.7 Å². The van der Waals surface area contributed by atoms with E-state index in [1.807, 2.05) is 48.5 Å². The molecule has 0 atom stereocenters. The Morgan fingerprint density at radius 2 is 1.96 bits per heavy atom. The molecule has 0 saturated carbocycles. The predicted molar refractivity (Wildman–Crippen MR) is 111 cm³/mol. The number of nitrogens with one attached hydrogen (secondary N) is 1. The maximum atomic E-state index is 12.2. The molecule has 0 bridgehead atoms. The fourth-order valence-electron chi connectivity index (χ4n) is 2.27. The molecule has 26 heavy (non-hydrogen) atoms. The van der Waals surface area contributed by atoms with Crippen molar-refractivity contribution in [2.45, 2.75) is 5.16 Å². The molecule has 7 nitrogen and oxygen atoms in total. The van der Waals surface area contributed by atoms with Crippen LogP contribution < -0.4 is 15.9 Å². The summed E-state index contributed by atoms with van der Waals surface area (Å²) in [6.07, 6.45) is 0. The smallest absolute Gasteiger partial charge is 0.234 e. The molecule has 0 aliphatic carbocycles. The second-order valence-electron chi connectivity index (χ2n) is 5.19. The SMILES string of the molecule is COc1ccccc1-c1nnc(SCC(=O)Nc2ccccc2I)n1N. The van der Waals surface area contributed by atoms with Gasteiger partial charge in [0.2, 0.25) is 11.1 Å². The summed E-state index contributed by atoms with van der Waals surface area (Å²) in [6, 6.07) is 15.0. The Hall–Kier alpha value is -2.27. The van der Waals surface area contributed by atoms with E-state index in [0.717, 1.165) is 14.8 Å². The van der Waals surface area contributed by atoms with E-state index in [1.54, 1.807) is 7.11 Å². The lowest BCUT2D eigenvalue weighted by Gasteiger charge is -2.08. The Kier molecular flexibility index (Phi) is 5.99. The molecule has 3 aromatic rings. The number of amides is 1. The first-order chi connectivity index (χ1) is 12.6. The Morgan fingerprint density at radius 1 is 1.23 bits per heavy atom. The number of hydrogen-bond acceptors (Lipinski definition) is 6. The van der Waals surface area contributed by atoms with Crippen LogP contribution in [0.15, 0.2) is 53.7 Å². The molecular weight excluding hydrogens is 465 g/mol. The first kappa shape index (κ1) is 18.5. The molecule has 1 amide bonds. The summed E-state index contributed by atoms with van der Waals surface area (Å²) in [4.78, 5) is 12.2. The summed E-state index contributed by atoms with van der Waals surface area (Å²) in [6.45, 7) is 0. The van der Waals surface area contributed by atoms with Crippen LogP contribution in [0.4, 0.5) is 5.69 Å². The number of carbonyl (C=O) groups excluding carboxylic acids is 1. The van der Waals surface area contributed by atoms with Gasteiger partial charge < -0.3 is 15.9 Å². The third kappa shape index (κ3) is 4.10. The highest BCUT2D eigenvalue weighted by Crippen LogP contribution is 2.29. The normalized spacial score (nSPS) is 10.5. The van der Waals surface area contributed by atoms with E-state index in [9.17, 15) is 4.79 Å². The van der Waals surface area contributed by atoms with E-state index in [4.69, 9.17) is 10.6 Å². The monoisotopic (exact) mass is 481 g/mol. The van der Waals surface area contributed by atoms with Crippen molar-refractivity contribution in [3.63, 3.8) is 0 Å². The largest absolute Gasteiger partial charge is 0.496 e. The Balaban J connectivity index is 1.69. The molecule has 1 heterocycles. The van der Waals surface area contributed by atoms with Crippen LogP contribution in [0.25, 0.3) is 11.4 Å². The van der Waals surface area contributed by atoms with Gasteiger partial charge in [0.05, 0.1) is 24.1 Å². The number of anilines is 1. The fraction of sp³-hybridized carbons (Fsp3) is 0.118. The number of ether oxygens (including phenoxy) is 1. The number of nitrogens with two attached hydrogens (primary N) is 1. The molecule has 3 rings (SSSR count). The van der Waals surface area contributed by atoms with Crippen molar-refractivity contribution >= 4 is 45.9 Å². The average Bonchev–Trinajstić information content (AvgIpc) is 3.02. The number of aromatic nitrogens is 3. The van der Waals surface area contributed by atoms with Gasteiger partial charge in [0.15, 0.2) is 5.82 Å². The Bertz CT molecular complexity index is 931. The van der Waals surface area contributed by atoms with Crippen LogP contribution in [-0.4, -0.2) is 33.6 Å². The number of hydrogen-bond donors (Lipinski definition) is 2. The number of halogens is 1. The minimum absolute atomic E-state index is 0.138. The molecule has 3 N–H and O–H groups in total. The van der Waals surface area contributed by atoms with Gasteiger partial charge in [-0.05, 0) is 46.9 Å². The molecule has 0 saturated heterocycles. The highest BCUT2D eigenvalue weighted by Gasteiger charge is 2.16. The van der Waals surface area contributed by atoms with Gasteiger partial charge in [0.25, 0.3) is 0 Å². The van der Waals surface area contributed by atoms with Crippen LogP contribution >= 0.6 is 34.4 Å². The van der Waals surface area contributed by atoms with Gasteiger partial charge in [-0.25, -0.2) is 4.68 Å². The summed E-state index contributed by atoms with van der Waals surface area (Å²) in [5, 5.41) is 11.5. The van der Waals surface area contributed by atoms with Crippen molar-refractivity contribution in [3.05, 3.63) is 52.1 Å². The summed E-state index contributed by atoms with van der Waals surface area (Å²) in [5.41, 5.74) is 1.52. The van der Waals surface area contributed by atoms with Gasteiger partial charge in [0.1, 0.15) is 5.75 Å². The molecule has 0 aliphatic heterocycles. The summed E-state index contributed by atoms with van der Waals surface area (Å²) in [5.74, 6) is 7.27. The summed E-state index contributed by atoms with van der Waals surface area (Å²) in [7, 11) is 1.58. The van der Waals surface area contributed by atoms with Crippen LogP contribution in [-0.2, 0) is 4.79 Å². The second-order valence-corrected chi connectivity index (χ2v) is 7.30. The zero-order valence-corrected chi connectivity index (χ0v) is 16.8. The molecule has 0 unspecified atom stereocenters. The summed E-state index contributed by atoms with van der Waals surface area (Å²) < 4.78 is 7.67. The zero-order chi connectivity index (χ0) is 18.5. The topological polar surface area (TPSA) is 95.1 Å². The van der Waals surface area contributed by atoms with E-state index in [2.05, 4.69) is 38.1 Å². The number of nitrogen functional groups attached to an aromatic ring is 1. The number of para-hydroxylation sites is 2. The first-order valence-corrected chi connectivity index (χ1v) is 9.67. The second kappa shape index (κ2) is 8.41. The van der Waals surface area contributed by atoms with Gasteiger partial charge in [-0.15, -0.1) is 10.2 Å². The molecule has 2 aromatic carbocycles. The molecule has 134 valence electrons. The highest BCUT2D eigenvalue weighted by atomic mass is 127. The lowest BCUT2D eigenvalue weighted by molar-refractivity contribution is -0.113. The lowest BCUT2D eigenvalue weighted by Crippen LogP contribution is -2.17. The van der Waals surface area contributed by atoms with Gasteiger partial charge in [-0.1, -0.05) is 36.0 Å². The molecule has 9 heteroatoms. The third-order valence-electron chi connectivity index (χ3n) is 3.49. The van der Waals surface area contributed by atoms with Crippen LogP contribution in [0.1, 0.15) is 0 Å². The molecule has 0 spiro atoms. The number of methoxy groups -OCH3 is 1. The van der Waals surface area contributed by atoms with Crippen molar-refractivity contribution in [3.8, 4) is 17.1 Å². The molecule has 0 radical (unpaired) electrons. The number of nitrogens with zero attached hydrogens (tertiary/aromatic N) is 3. The maximum absolute atomic E-state index is 12.2. The van der Waals surface area contributed by atoms with Gasteiger partial charge in [-0.3, -0.25) is 4.79 Å². The van der Waals surface area contributed by atoms with E-state index in [0.29, 0.717) is 16.7 Å². The van der Waals surface area contributed by atoms with Crippen LogP contribution in [0.3, 0.4) is 0 Å². The minimum Gasteiger partial charge on any atom is -0.496 e. The van der Waals surface area contributed by atoms with Crippen LogP contribution in [0, 0.1) is 3.57 Å². The fourth-order valence-corrected chi connectivity index (χ4v) is 3.45. The molecule has 0 aliphatic rings. The van der Waals surface area contributed by atoms with E-state index < -0.39 is 0 Å². The van der Waals surface area contributed by atoms with Crippen LogP contribution in [0.2, 0.25) is 0 Å². The summed E-state index contributed by atoms with van der Waals surface area (Å²) >= 11 is 3.39. The van der Waals surface area contributed by atoms with Crippen molar-refractivity contribution in [2.75, 3.05) is 24.0 Å². The predicted octanol–water partition coefficient (Wildman–Crippen LogP) is 3.00. The van der Waals surface area contributed by atoms with Crippen molar-refractivity contribution < 1.29 is 9.53 Å². The van der Waals surface area contributed by atoms with Gasteiger partial charge >= 0.3 is 0 Å². The standard InChI is InChI=1S/C17H16IN5O2S/c1-25-14-9-5-2-6-11(14)16-21-22-17(23(16)19)26-10-15(24)20-13-8-4-3-7-12(13)18/h2-9H,10,19H2,1H3,(H,20,24).